The molecule has 0 N–H and O–H groups in total. The third-order valence-electron chi connectivity index (χ3n) is 6.95. The van der Waals surface area contributed by atoms with Crippen molar-refractivity contribution in [3.8, 4) is 11.1 Å². The van der Waals surface area contributed by atoms with Crippen LogP contribution in [0.1, 0.15) is 30.5 Å². The molecule has 1 aliphatic heterocycles. The van der Waals surface area contributed by atoms with Gasteiger partial charge in [-0.25, -0.2) is 4.79 Å². The minimum atomic E-state index is 0.157. The van der Waals surface area contributed by atoms with Gasteiger partial charge in [0.15, 0.2) is 0 Å². The molecule has 0 unspecified atom stereocenters. The topological polar surface area (TPSA) is 26.8 Å². The van der Waals surface area contributed by atoms with Gasteiger partial charge in [-0.05, 0) is 56.0 Å². The number of amides is 2. The van der Waals surface area contributed by atoms with Crippen molar-refractivity contribution in [1.29, 1.82) is 0 Å². The minimum absolute atomic E-state index is 0.157. The Labute approximate surface area is 215 Å². The summed E-state index contributed by atoms with van der Waals surface area (Å²) in [6.45, 7) is 11.1. The molecule has 1 heterocycles. The average molecular weight is 490 g/mol. The number of benzene rings is 3. The number of piperazine rings is 1. The molecular formula is C30H36ClN3O. The number of rotatable bonds is 7. The molecule has 1 fully saturated rings. The maximum atomic E-state index is 13.3. The van der Waals surface area contributed by atoms with Gasteiger partial charge in [0.05, 0.1) is 6.04 Å². The van der Waals surface area contributed by atoms with Crippen LogP contribution in [0.3, 0.4) is 0 Å². The zero-order chi connectivity index (χ0) is 24.8. The summed E-state index contributed by atoms with van der Waals surface area (Å²) in [6, 6.07) is 25.7. The number of aryl methyl sites for hydroxylation is 1. The number of urea groups is 1. The lowest BCUT2D eigenvalue weighted by molar-refractivity contribution is 0.0725. The van der Waals surface area contributed by atoms with E-state index in [0.717, 1.165) is 61.8 Å². The molecule has 1 atom stereocenters. The van der Waals surface area contributed by atoms with Gasteiger partial charge in [0, 0.05) is 49.9 Å². The third kappa shape index (κ3) is 6.25. The van der Waals surface area contributed by atoms with Crippen LogP contribution in [0.25, 0.3) is 11.1 Å². The number of nitrogens with zero attached hydrogens (tertiary/aromatic N) is 3. The van der Waals surface area contributed by atoms with Gasteiger partial charge in [-0.2, -0.15) is 0 Å². The van der Waals surface area contributed by atoms with Gasteiger partial charge in [-0.3, -0.25) is 4.90 Å². The van der Waals surface area contributed by atoms with E-state index >= 15 is 0 Å². The second-order valence-electron chi connectivity index (χ2n) is 9.41. The van der Waals surface area contributed by atoms with E-state index in [1.54, 1.807) is 0 Å². The molecule has 0 saturated carbocycles. The Morgan fingerprint density at radius 1 is 0.943 bits per heavy atom. The normalized spacial score (nSPS) is 16.3. The lowest BCUT2D eigenvalue weighted by atomic mass is 10.0. The van der Waals surface area contributed by atoms with Gasteiger partial charge in [0.25, 0.3) is 0 Å². The Bertz CT molecular complexity index is 1110. The Hall–Kier alpha value is -2.82. The van der Waals surface area contributed by atoms with Crippen molar-refractivity contribution >= 4 is 17.6 Å². The first-order valence-electron chi connectivity index (χ1n) is 12.7. The summed E-state index contributed by atoms with van der Waals surface area (Å²) in [5.41, 5.74) is 5.97. The summed E-state index contributed by atoms with van der Waals surface area (Å²) >= 11 is 6.45. The SMILES string of the molecule is CCN(CC)C(=O)N1CCN(Cc2ccc(-c3cc(C)ccc3Cl)cc2)C[C@@H]1Cc1ccccc1. The van der Waals surface area contributed by atoms with Crippen LogP contribution in [-0.2, 0) is 13.0 Å². The van der Waals surface area contributed by atoms with Crippen LogP contribution in [0, 0.1) is 6.92 Å². The van der Waals surface area contributed by atoms with Crippen molar-refractivity contribution < 1.29 is 4.79 Å². The molecule has 0 aliphatic carbocycles. The zero-order valence-corrected chi connectivity index (χ0v) is 21.8. The molecule has 4 rings (SSSR count). The van der Waals surface area contributed by atoms with Gasteiger partial charge in [-0.1, -0.05) is 77.8 Å². The summed E-state index contributed by atoms with van der Waals surface area (Å²) in [6.07, 6.45) is 0.870. The van der Waals surface area contributed by atoms with Gasteiger partial charge < -0.3 is 9.80 Å². The highest BCUT2D eigenvalue weighted by Gasteiger charge is 2.32. The Morgan fingerprint density at radius 2 is 1.66 bits per heavy atom. The minimum Gasteiger partial charge on any atom is -0.325 e. The standard InChI is InChI=1S/C30H36ClN3O/c1-4-33(5-2)30(35)34-18-17-32(22-27(34)20-24-9-7-6-8-10-24)21-25-12-14-26(15-13-25)28-19-23(3)11-16-29(28)31/h6-16,19,27H,4-5,17-18,20-22H2,1-3H3/t27-/m0/s1. The van der Waals surface area contributed by atoms with Gasteiger partial charge >= 0.3 is 6.03 Å². The van der Waals surface area contributed by atoms with Crippen molar-refractivity contribution in [1.82, 2.24) is 14.7 Å². The van der Waals surface area contributed by atoms with E-state index in [2.05, 4.69) is 85.2 Å². The number of halogens is 1. The fourth-order valence-corrected chi connectivity index (χ4v) is 5.19. The quantitative estimate of drug-likeness (QED) is 0.378. The van der Waals surface area contributed by atoms with Crippen molar-refractivity contribution in [2.24, 2.45) is 0 Å². The molecule has 184 valence electrons. The van der Waals surface area contributed by atoms with Crippen molar-refractivity contribution in [2.45, 2.75) is 39.8 Å². The van der Waals surface area contributed by atoms with E-state index in [1.807, 2.05) is 23.1 Å². The molecule has 0 bridgehead atoms. The average Bonchev–Trinajstić information content (AvgIpc) is 2.87. The van der Waals surface area contributed by atoms with E-state index in [1.165, 1.54) is 16.7 Å². The predicted octanol–water partition coefficient (Wildman–Crippen LogP) is 6.51. The molecule has 0 spiro atoms. The Balaban J connectivity index is 1.48. The second-order valence-corrected chi connectivity index (χ2v) is 9.81. The van der Waals surface area contributed by atoms with Crippen LogP contribution in [0.2, 0.25) is 5.02 Å². The maximum absolute atomic E-state index is 13.3. The zero-order valence-electron chi connectivity index (χ0n) is 21.1. The molecule has 1 saturated heterocycles. The molecule has 0 radical (unpaired) electrons. The number of hydrogen-bond donors (Lipinski definition) is 0. The summed E-state index contributed by atoms with van der Waals surface area (Å²) in [7, 11) is 0. The largest absolute Gasteiger partial charge is 0.325 e. The van der Waals surface area contributed by atoms with Gasteiger partial charge in [0.1, 0.15) is 0 Å². The van der Waals surface area contributed by atoms with Crippen LogP contribution in [0.5, 0.6) is 0 Å². The molecular weight excluding hydrogens is 454 g/mol. The monoisotopic (exact) mass is 489 g/mol. The summed E-state index contributed by atoms with van der Waals surface area (Å²) in [5, 5.41) is 0.779. The summed E-state index contributed by atoms with van der Waals surface area (Å²) in [5.74, 6) is 0. The lowest BCUT2D eigenvalue weighted by Gasteiger charge is -2.43. The first kappa shape index (κ1) is 25.3. The van der Waals surface area contributed by atoms with Crippen LogP contribution >= 0.6 is 11.6 Å². The van der Waals surface area contributed by atoms with Crippen LogP contribution in [-0.4, -0.2) is 59.5 Å². The van der Waals surface area contributed by atoms with E-state index in [-0.39, 0.29) is 12.1 Å². The smallest absolute Gasteiger partial charge is 0.320 e. The van der Waals surface area contributed by atoms with E-state index in [9.17, 15) is 4.79 Å². The summed E-state index contributed by atoms with van der Waals surface area (Å²) in [4.78, 5) is 19.8. The summed E-state index contributed by atoms with van der Waals surface area (Å²) < 4.78 is 0. The van der Waals surface area contributed by atoms with Gasteiger partial charge in [-0.15, -0.1) is 0 Å². The Morgan fingerprint density at radius 3 is 2.34 bits per heavy atom. The third-order valence-corrected chi connectivity index (χ3v) is 7.28. The highest BCUT2D eigenvalue weighted by molar-refractivity contribution is 6.33. The Kier molecular flexibility index (Phi) is 8.48. The molecule has 3 aromatic rings. The predicted molar refractivity (Wildman–Crippen MR) is 146 cm³/mol. The first-order valence-corrected chi connectivity index (χ1v) is 13.0. The molecule has 3 aromatic carbocycles. The lowest BCUT2D eigenvalue weighted by Crippen LogP contribution is -2.58. The molecule has 4 nitrogen and oxygen atoms in total. The van der Waals surface area contributed by atoms with E-state index in [0.29, 0.717) is 0 Å². The highest BCUT2D eigenvalue weighted by Crippen LogP contribution is 2.29. The van der Waals surface area contributed by atoms with E-state index < -0.39 is 0 Å². The van der Waals surface area contributed by atoms with Crippen molar-refractivity contribution in [2.75, 3.05) is 32.7 Å². The molecule has 2 amide bonds. The van der Waals surface area contributed by atoms with Crippen molar-refractivity contribution in [3.63, 3.8) is 0 Å². The molecule has 35 heavy (non-hydrogen) atoms. The van der Waals surface area contributed by atoms with Crippen LogP contribution in [0.15, 0.2) is 72.8 Å². The fourth-order valence-electron chi connectivity index (χ4n) is 4.96. The van der Waals surface area contributed by atoms with Gasteiger partial charge in [0.2, 0.25) is 0 Å². The highest BCUT2D eigenvalue weighted by atomic mass is 35.5. The molecule has 1 aliphatic rings. The number of hydrogen-bond acceptors (Lipinski definition) is 2. The van der Waals surface area contributed by atoms with Crippen molar-refractivity contribution in [3.05, 3.63) is 94.5 Å². The molecule has 5 heteroatoms. The maximum Gasteiger partial charge on any atom is 0.320 e. The second kappa shape index (κ2) is 11.7. The fraction of sp³-hybridized carbons (Fsp3) is 0.367. The molecule has 0 aromatic heterocycles. The van der Waals surface area contributed by atoms with Crippen LogP contribution < -0.4 is 0 Å². The first-order chi connectivity index (χ1) is 17.0. The van der Waals surface area contributed by atoms with Crippen LogP contribution in [0.4, 0.5) is 4.79 Å². The van der Waals surface area contributed by atoms with E-state index in [4.69, 9.17) is 11.6 Å². The number of carbonyl (C=O) groups is 1. The number of carbonyl (C=O) groups excluding carboxylic acids is 1.